The summed E-state index contributed by atoms with van der Waals surface area (Å²) in [6, 6.07) is 19.1. The van der Waals surface area contributed by atoms with E-state index in [1.807, 2.05) is 43.4 Å². The monoisotopic (exact) mass is 434 g/mol. The van der Waals surface area contributed by atoms with Crippen molar-refractivity contribution < 1.29 is 4.79 Å². The second-order valence-corrected chi connectivity index (χ2v) is 9.68. The van der Waals surface area contributed by atoms with E-state index in [1.165, 1.54) is 45.2 Å². The molecule has 1 saturated carbocycles. The number of hydrogen-bond donors (Lipinski definition) is 0. The summed E-state index contributed by atoms with van der Waals surface area (Å²) >= 11 is 6.29. The van der Waals surface area contributed by atoms with Gasteiger partial charge in [0, 0.05) is 24.2 Å². The number of hydrogen-bond acceptors (Lipinski definition) is 2. The Bertz CT molecular complexity index is 980. The summed E-state index contributed by atoms with van der Waals surface area (Å²) in [5.41, 5.74) is 4.51. The van der Waals surface area contributed by atoms with Gasteiger partial charge in [-0.15, -0.1) is 0 Å². The molecule has 1 aliphatic heterocycles. The van der Waals surface area contributed by atoms with E-state index in [-0.39, 0.29) is 11.8 Å². The lowest BCUT2D eigenvalue weighted by molar-refractivity contribution is -0.134. The van der Waals surface area contributed by atoms with E-state index in [0.717, 1.165) is 28.7 Å². The zero-order valence-electron chi connectivity index (χ0n) is 18.3. The smallest absolute Gasteiger partial charge is 0.234 e. The first kappa shape index (κ1) is 20.8. The number of amides is 1. The fourth-order valence-corrected chi connectivity index (χ4v) is 5.99. The highest BCUT2D eigenvalue weighted by Crippen LogP contribution is 2.54. The van der Waals surface area contributed by atoms with Gasteiger partial charge in [0.1, 0.15) is 0 Å². The molecule has 3 atom stereocenters. The molecule has 31 heavy (non-hydrogen) atoms. The molecule has 2 aromatic carbocycles. The van der Waals surface area contributed by atoms with Gasteiger partial charge in [0.15, 0.2) is 0 Å². The van der Waals surface area contributed by atoms with Crippen LogP contribution in [0.3, 0.4) is 0 Å². The van der Waals surface area contributed by atoms with E-state index in [0.29, 0.717) is 17.1 Å². The maximum absolute atomic E-state index is 13.9. The molecule has 1 amide bonds. The van der Waals surface area contributed by atoms with E-state index in [2.05, 4.69) is 28.0 Å². The lowest BCUT2D eigenvalue weighted by atomic mass is 9.88. The van der Waals surface area contributed by atoms with Crippen LogP contribution in [0.5, 0.6) is 0 Å². The summed E-state index contributed by atoms with van der Waals surface area (Å²) in [7, 11) is 2.04. The van der Waals surface area contributed by atoms with Crippen molar-refractivity contribution in [3.05, 3.63) is 70.7 Å². The molecule has 4 heteroatoms. The van der Waals surface area contributed by atoms with Gasteiger partial charge in [-0.1, -0.05) is 66.9 Å². The highest BCUT2D eigenvalue weighted by Gasteiger charge is 2.47. The van der Waals surface area contributed by atoms with Gasteiger partial charge in [0.2, 0.25) is 5.91 Å². The average Bonchev–Trinajstić information content (AvgIpc) is 3.31. The molecule has 0 spiro atoms. The largest absolute Gasteiger partial charge is 0.340 e. The first-order valence-electron chi connectivity index (χ1n) is 11.7. The third-order valence-electron chi connectivity index (χ3n) is 7.40. The number of rotatable bonds is 5. The third kappa shape index (κ3) is 4.06. The number of likely N-dealkylation sites (tertiary alicyclic amines) is 1. The number of halogens is 1. The van der Waals surface area contributed by atoms with Crippen LogP contribution in [0.25, 0.3) is 11.1 Å². The Morgan fingerprint density at radius 2 is 1.58 bits per heavy atom. The molecular formula is C27H31ClN2O. The van der Waals surface area contributed by atoms with Crippen LogP contribution in [0, 0.1) is 5.92 Å². The topological polar surface area (TPSA) is 23.6 Å². The highest BCUT2D eigenvalue weighted by atomic mass is 35.5. The predicted molar refractivity (Wildman–Crippen MR) is 128 cm³/mol. The van der Waals surface area contributed by atoms with Crippen molar-refractivity contribution >= 4 is 28.7 Å². The van der Waals surface area contributed by atoms with Crippen molar-refractivity contribution in [2.24, 2.45) is 5.92 Å². The molecule has 162 valence electrons. The third-order valence-corrected chi connectivity index (χ3v) is 7.64. The Labute approximate surface area is 190 Å². The molecule has 2 aliphatic carbocycles. The molecule has 3 nitrogen and oxygen atoms in total. The quantitative estimate of drug-likeness (QED) is 0.598. The number of nitrogens with zero attached hydrogens (tertiary/aromatic N) is 2. The van der Waals surface area contributed by atoms with Crippen molar-refractivity contribution in [1.82, 2.24) is 9.80 Å². The van der Waals surface area contributed by atoms with E-state index in [4.69, 9.17) is 11.6 Å². The molecule has 1 heterocycles. The molecule has 1 unspecified atom stereocenters. The second kappa shape index (κ2) is 8.80. The summed E-state index contributed by atoms with van der Waals surface area (Å²) in [6.45, 7) is 2.38. The van der Waals surface area contributed by atoms with Gasteiger partial charge in [0.05, 0.1) is 5.92 Å². The Hall–Kier alpha value is -2.10. The molecule has 1 saturated heterocycles. The van der Waals surface area contributed by atoms with Crippen LogP contribution < -0.4 is 0 Å². The fraction of sp³-hybridized carbons (Fsp3) is 0.444. The van der Waals surface area contributed by atoms with Crippen LogP contribution in [-0.2, 0) is 4.79 Å². The minimum absolute atomic E-state index is 0.160. The molecule has 2 fully saturated rings. The summed E-state index contributed by atoms with van der Waals surface area (Å²) in [5, 5.41) is 0.713. The van der Waals surface area contributed by atoms with E-state index >= 15 is 0 Å². The van der Waals surface area contributed by atoms with Gasteiger partial charge in [-0.3, -0.25) is 9.69 Å². The van der Waals surface area contributed by atoms with Crippen LogP contribution in [-0.4, -0.2) is 47.9 Å². The minimum Gasteiger partial charge on any atom is -0.340 e. The maximum Gasteiger partial charge on any atom is 0.234 e. The standard InChI is InChI=1S/C27H31ClN2O/c1-29(22-14-5-6-15-23(22)30-16-7-8-17-30)27(31)26-24(19-10-3-2-4-11-19)25(26)20-12-9-13-21(28)18-20/h2-4,9-13,18,22-23,26H,5-8,14-17H2,1H3/t22-,23-,26?/m1/s1. The number of carbonyl (C=O) groups excluding carboxylic acids is 1. The number of carbonyl (C=O) groups is 1. The van der Waals surface area contributed by atoms with Crippen LogP contribution in [0.4, 0.5) is 0 Å². The van der Waals surface area contributed by atoms with Gasteiger partial charge in [-0.2, -0.15) is 0 Å². The lowest BCUT2D eigenvalue weighted by Gasteiger charge is -2.42. The SMILES string of the molecule is CN(C(=O)C1C(c2ccccc2)=C1c1cccc(Cl)c1)[C@@H]1CCCC[C@H]1N1CCCC1. The summed E-state index contributed by atoms with van der Waals surface area (Å²) in [4.78, 5) is 18.6. The van der Waals surface area contributed by atoms with Crippen molar-refractivity contribution in [3.63, 3.8) is 0 Å². The molecular weight excluding hydrogens is 404 g/mol. The molecule has 5 rings (SSSR count). The van der Waals surface area contributed by atoms with Crippen molar-refractivity contribution in [2.45, 2.75) is 50.6 Å². The Balaban J connectivity index is 1.42. The number of likely N-dealkylation sites (N-methyl/N-ethyl adjacent to an activating group) is 1. The van der Waals surface area contributed by atoms with E-state index in [9.17, 15) is 4.79 Å². The first-order chi connectivity index (χ1) is 15.1. The molecule has 0 radical (unpaired) electrons. The van der Waals surface area contributed by atoms with Crippen LogP contribution >= 0.6 is 11.6 Å². The highest BCUT2D eigenvalue weighted by molar-refractivity contribution is 6.31. The Morgan fingerprint density at radius 1 is 0.903 bits per heavy atom. The maximum atomic E-state index is 13.9. The lowest BCUT2D eigenvalue weighted by Crippen LogP contribution is -2.53. The zero-order valence-corrected chi connectivity index (χ0v) is 19.0. The van der Waals surface area contributed by atoms with E-state index in [1.54, 1.807) is 0 Å². The van der Waals surface area contributed by atoms with Gasteiger partial charge in [-0.05, 0) is 73.2 Å². The van der Waals surface area contributed by atoms with Gasteiger partial charge in [-0.25, -0.2) is 0 Å². The zero-order chi connectivity index (χ0) is 21.4. The Morgan fingerprint density at radius 3 is 2.32 bits per heavy atom. The second-order valence-electron chi connectivity index (χ2n) is 9.25. The summed E-state index contributed by atoms with van der Waals surface area (Å²) in [6.07, 6.45) is 7.42. The fourth-order valence-electron chi connectivity index (χ4n) is 5.80. The summed E-state index contributed by atoms with van der Waals surface area (Å²) in [5.74, 6) is 0.0805. The van der Waals surface area contributed by atoms with Crippen molar-refractivity contribution in [3.8, 4) is 0 Å². The van der Waals surface area contributed by atoms with Gasteiger partial charge < -0.3 is 4.90 Å². The van der Waals surface area contributed by atoms with Gasteiger partial charge >= 0.3 is 0 Å². The molecule has 0 N–H and O–H groups in total. The van der Waals surface area contributed by atoms with E-state index < -0.39 is 0 Å². The molecule has 0 bridgehead atoms. The van der Waals surface area contributed by atoms with Crippen LogP contribution in [0.2, 0.25) is 5.02 Å². The number of benzene rings is 2. The predicted octanol–water partition coefficient (Wildman–Crippen LogP) is 5.75. The normalized spacial score (nSPS) is 26.2. The van der Waals surface area contributed by atoms with Gasteiger partial charge in [0.25, 0.3) is 0 Å². The average molecular weight is 435 g/mol. The van der Waals surface area contributed by atoms with Crippen molar-refractivity contribution in [1.29, 1.82) is 0 Å². The molecule has 3 aliphatic rings. The van der Waals surface area contributed by atoms with Crippen LogP contribution in [0.1, 0.15) is 49.7 Å². The molecule has 2 aromatic rings. The first-order valence-corrected chi connectivity index (χ1v) is 12.1. The summed E-state index contributed by atoms with van der Waals surface area (Å²) < 4.78 is 0. The minimum atomic E-state index is -0.160. The van der Waals surface area contributed by atoms with Crippen LogP contribution in [0.15, 0.2) is 54.6 Å². The van der Waals surface area contributed by atoms with Crippen molar-refractivity contribution in [2.75, 3.05) is 20.1 Å². The molecule has 0 aromatic heterocycles. The Kier molecular flexibility index (Phi) is 5.90.